The van der Waals surface area contributed by atoms with Crippen LogP contribution in [0.3, 0.4) is 0 Å². The van der Waals surface area contributed by atoms with Gasteiger partial charge in [-0.25, -0.2) is 0 Å². The first kappa shape index (κ1) is 15.7. The molecule has 2 aliphatic heterocycles. The Bertz CT molecular complexity index is 416. The Labute approximate surface area is 126 Å². The van der Waals surface area contributed by atoms with Gasteiger partial charge in [0.25, 0.3) is 0 Å². The van der Waals surface area contributed by atoms with E-state index in [0.29, 0.717) is 11.7 Å². The molecule has 4 nitrogen and oxygen atoms in total. The molecule has 0 saturated carbocycles. The van der Waals surface area contributed by atoms with E-state index >= 15 is 0 Å². The molecule has 0 bridgehead atoms. The van der Waals surface area contributed by atoms with Crippen LogP contribution in [0.5, 0.6) is 0 Å². The summed E-state index contributed by atoms with van der Waals surface area (Å²) < 4.78 is 0. The minimum absolute atomic E-state index is 0.0393. The second kappa shape index (κ2) is 5.58. The van der Waals surface area contributed by atoms with Gasteiger partial charge in [0, 0.05) is 19.5 Å². The van der Waals surface area contributed by atoms with E-state index in [-0.39, 0.29) is 16.2 Å². The molecule has 1 unspecified atom stereocenters. The van der Waals surface area contributed by atoms with Crippen molar-refractivity contribution in [1.82, 2.24) is 10.2 Å². The lowest BCUT2D eigenvalue weighted by Crippen LogP contribution is -2.46. The SMILES string of the molecule is CCCN(C(=O)CC(C)(C)C)[C@@]1(C)SC1C1=NCCN1. The van der Waals surface area contributed by atoms with Crippen molar-refractivity contribution in [2.24, 2.45) is 10.4 Å². The molecule has 2 heterocycles. The summed E-state index contributed by atoms with van der Waals surface area (Å²) in [6, 6.07) is 0. The van der Waals surface area contributed by atoms with Crippen LogP contribution in [0.15, 0.2) is 4.99 Å². The summed E-state index contributed by atoms with van der Waals surface area (Å²) in [7, 11) is 0. The van der Waals surface area contributed by atoms with Gasteiger partial charge in [0.15, 0.2) is 0 Å². The number of carbonyl (C=O) groups excluding carboxylic acids is 1. The third-order valence-electron chi connectivity index (χ3n) is 3.70. The number of nitrogens with one attached hydrogen (secondary N) is 1. The Morgan fingerprint density at radius 2 is 2.25 bits per heavy atom. The van der Waals surface area contributed by atoms with Crippen LogP contribution < -0.4 is 5.32 Å². The molecule has 114 valence electrons. The van der Waals surface area contributed by atoms with Crippen LogP contribution in [0, 0.1) is 5.41 Å². The van der Waals surface area contributed by atoms with Crippen LogP contribution in [0.1, 0.15) is 47.5 Å². The number of thioether (sulfide) groups is 1. The maximum absolute atomic E-state index is 12.6. The van der Waals surface area contributed by atoms with Gasteiger partial charge in [0.05, 0.1) is 11.8 Å². The molecular weight excluding hydrogens is 270 g/mol. The molecule has 0 aromatic carbocycles. The number of hydrogen-bond donors (Lipinski definition) is 1. The smallest absolute Gasteiger partial charge is 0.224 e. The van der Waals surface area contributed by atoms with E-state index in [9.17, 15) is 4.79 Å². The van der Waals surface area contributed by atoms with Gasteiger partial charge in [0.1, 0.15) is 10.7 Å². The van der Waals surface area contributed by atoms with Crippen molar-refractivity contribution >= 4 is 23.5 Å². The molecule has 0 radical (unpaired) electrons. The van der Waals surface area contributed by atoms with Crippen molar-refractivity contribution in [2.75, 3.05) is 19.6 Å². The molecule has 1 fully saturated rings. The van der Waals surface area contributed by atoms with E-state index in [2.05, 4.69) is 49.8 Å². The number of aliphatic imine (C=N–C) groups is 1. The van der Waals surface area contributed by atoms with Crippen molar-refractivity contribution in [1.29, 1.82) is 0 Å². The van der Waals surface area contributed by atoms with Crippen molar-refractivity contribution in [3.63, 3.8) is 0 Å². The highest BCUT2D eigenvalue weighted by Crippen LogP contribution is 2.56. The molecule has 2 aliphatic rings. The fourth-order valence-electron chi connectivity index (χ4n) is 2.68. The van der Waals surface area contributed by atoms with Gasteiger partial charge in [-0.15, -0.1) is 11.8 Å². The van der Waals surface area contributed by atoms with Crippen LogP contribution in [0.25, 0.3) is 0 Å². The minimum atomic E-state index is -0.103. The normalized spacial score (nSPS) is 28.9. The molecule has 2 atom stereocenters. The van der Waals surface area contributed by atoms with E-state index in [1.54, 1.807) is 0 Å². The Morgan fingerprint density at radius 3 is 2.75 bits per heavy atom. The Balaban J connectivity index is 2.07. The molecule has 0 spiro atoms. The first-order chi connectivity index (χ1) is 9.28. The highest BCUT2D eigenvalue weighted by atomic mass is 32.2. The summed E-state index contributed by atoms with van der Waals surface area (Å²) >= 11 is 1.85. The Hall–Kier alpha value is -0.710. The maximum Gasteiger partial charge on any atom is 0.224 e. The number of nitrogens with zero attached hydrogens (tertiary/aromatic N) is 2. The lowest BCUT2D eigenvalue weighted by molar-refractivity contribution is -0.135. The first-order valence-corrected chi connectivity index (χ1v) is 8.42. The molecule has 0 aromatic rings. The fourth-order valence-corrected chi connectivity index (χ4v) is 3.92. The number of hydrogen-bond acceptors (Lipinski definition) is 4. The molecule has 0 aliphatic carbocycles. The third kappa shape index (κ3) is 3.30. The molecule has 5 heteroatoms. The van der Waals surface area contributed by atoms with Crippen molar-refractivity contribution in [3.8, 4) is 0 Å². The summed E-state index contributed by atoms with van der Waals surface area (Å²) in [6.07, 6.45) is 1.61. The van der Waals surface area contributed by atoms with Gasteiger partial charge in [-0.3, -0.25) is 9.79 Å². The van der Waals surface area contributed by atoms with E-state index in [1.165, 1.54) is 0 Å². The monoisotopic (exact) mass is 297 g/mol. The molecular formula is C15H27N3OS. The average molecular weight is 297 g/mol. The standard InChI is InChI=1S/C15H27N3OS/c1-6-9-18(11(19)10-14(2,3)4)15(5)12(20-15)13-16-7-8-17-13/h12H,6-10H2,1-5H3,(H,16,17)/t12?,15-/m0/s1. The lowest BCUT2D eigenvalue weighted by Gasteiger charge is -2.31. The predicted molar refractivity (Wildman–Crippen MR) is 86.2 cm³/mol. The van der Waals surface area contributed by atoms with Gasteiger partial charge >= 0.3 is 0 Å². The summed E-state index contributed by atoms with van der Waals surface area (Å²) in [5.41, 5.74) is 0.0393. The lowest BCUT2D eigenvalue weighted by atomic mass is 9.91. The van der Waals surface area contributed by atoms with Gasteiger partial charge in [0.2, 0.25) is 5.91 Å². The molecule has 20 heavy (non-hydrogen) atoms. The van der Waals surface area contributed by atoms with Crippen LogP contribution in [0.4, 0.5) is 0 Å². The quantitative estimate of drug-likeness (QED) is 0.793. The van der Waals surface area contributed by atoms with Gasteiger partial charge in [-0.1, -0.05) is 27.7 Å². The van der Waals surface area contributed by atoms with E-state index in [0.717, 1.165) is 31.9 Å². The fraction of sp³-hybridized carbons (Fsp3) is 0.867. The number of rotatable bonds is 5. The zero-order valence-electron chi connectivity index (χ0n) is 13.3. The Kier molecular flexibility index (Phi) is 4.38. The summed E-state index contributed by atoms with van der Waals surface area (Å²) in [5.74, 6) is 1.36. The van der Waals surface area contributed by atoms with E-state index < -0.39 is 0 Å². The summed E-state index contributed by atoms with van der Waals surface area (Å²) in [4.78, 5) is 19.1. The zero-order chi connectivity index (χ0) is 15.0. The summed E-state index contributed by atoms with van der Waals surface area (Å²) in [5, 5.41) is 3.68. The minimum Gasteiger partial charge on any atom is -0.371 e. The first-order valence-electron chi connectivity index (χ1n) is 7.54. The molecule has 1 amide bonds. The Morgan fingerprint density at radius 1 is 1.55 bits per heavy atom. The maximum atomic E-state index is 12.6. The van der Waals surface area contributed by atoms with Crippen LogP contribution in [-0.4, -0.2) is 46.4 Å². The zero-order valence-corrected chi connectivity index (χ0v) is 14.1. The number of carbonyl (C=O) groups is 1. The third-order valence-corrected chi connectivity index (χ3v) is 5.30. The van der Waals surface area contributed by atoms with E-state index in [1.807, 2.05) is 11.8 Å². The molecule has 2 rings (SSSR count). The van der Waals surface area contributed by atoms with Crippen LogP contribution in [0.2, 0.25) is 0 Å². The van der Waals surface area contributed by atoms with Gasteiger partial charge in [-0.2, -0.15) is 0 Å². The second-order valence-corrected chi connectivity index (χ2v) is 8.56. The predicted octanol–water partition coefficient (Wildman–Crippen LogP) is 2.49. The highest BCUT2D eigenvalue weighted by molar-refractivity contribution is 8.09. The van der Waals surface area contributed by atoms with Crippen molar-refractivity contribution < 1.29 is 4.79 Å². The van der Waals surface area contributed by atoms with E-state index in [4.69, 9.17) is 0 Å². The van der Waals surface area contributed by atoms with Gasteiger partial charge in [-0.05, 0) is 18.8 Å². The average Bonchev–Trinajstić information content (AvgIpc) is 2.76. The van der Waals surface area contributed by atoms with Crippen LogP contribution in [-0.2, 0) is 4.79 Å². The molecule has 1 N–H and O–H groups in total. The summed E-state index contributed by atoms with van der Waals surface area (Å²) in [6.45, 7) is 13.3. The molecule has 1 saturated heterocycles. The van der Waals surface area contributed by atoms with Crippen LogP contribution >= 0.6 is 11.8 Å². The highest BCUT2D eigenvalue weighted by Gasteiger charge is 2.60. The van der Waals surface area contributed by atoms with Crippen molar-refractivity contribution in [3.05, 3.63) is 0 Å². The number of amidine groups is 1. The molecule has 0 aromatic heterocycles. The second-order valence-electron chi connectivity index (χ2n) is 7.03. The topological polar surface area (TPSA) is 44.7 Å². The number of amides is 1. The van der Waals surface area contributed by atoms with Crippen molar-refractivity contribution in [2.45, 2.75) is 57.6 Å². The van der Waals surface area contributed by atoms with Gasteiger partial charge < -0.3 is 10.2 Å². The largest absolute Gasteiger partial charge is 0.371 e.